The fourth-order valence-corrected chi connectivity index (χ4v) is 4.05. The summed E-state index contributed by atoms with van der Waals surface area (Å²) < 4.78 is 21.1. The molecule has 11 heteroatoms. The fraction of sp³-hybridized carbons (Fsp3) is 0.381. The van der Waals surface area contributed by atoms with Crippen LogP contribution in [-0.2, 0) is 11.3 Å². The largest absolute Gasteiger partial charge is 0.502 e. The van der Waals surface area contributed by atoms with Crippen LogP contribution in [-0.4, -0.2) is 59.5 Å². The smallest absolute Gasteiger partial charge is 0.277 e. The minimum atomic E-state index is -0.985. The van der Waals surface area contributed by atoms with Crippen LogP contribution in [0.15, 0.2) is 29.2 Å². The number of fused-ring (bicyclic) bond motifs is 1. The number of amides is 2. The molecule has 0 spiro atoms. The summed E-state index contributed by atoms with van der Waals surface area (Å²) in [5.74, 6) is -2.85. The van der Waals surface area contributed by atoms with Gasteiger partial charge in [0.15, 0.2) is 11.4 Å². The molecule has 1 aromatic carbocycles. The number of hydrogen-bond acceptors (Lipinski definition) is 6. The first-order valence-electron chi connectivity index (χ1n) is 10.1. The van der Waals surface area contributed by atoms with E-state index in [1.54, 1.807) is 12.1 Å². The Hall–Kier alpha value is -3.11. The number of benzene rings is 1. The van der Waals surface area contributed by atoms with Crippen LogP contribution in [0, 0.1) is 5.82 Å². The first kappa shape index (κ1) is 22.1. The SMILES string of the molecule is CN1CN(C[C@@H]2CCCO2)n2cc(C(=O)NCc3cccc(Cl)c3F)c(=O)c(O)c2C1=O. The van der Waals surface area contributed by atoms with Crippen molar-refractivity contribution in [2.24, 2.45) is 0 Å². The molecule has 2 aliphatic heterocycles. The van der Waals surface area contributed by atoms with Gasteiger partial charge in [-0.15, -0.1) is 0 Å². The number of carbonyl (C=O) groups excluding carboxylic acids is 2. The molecular formula is C21H22ClFN4O5. The number of carbonyl (C=O) groups is 2. The highest BCUT2D eigenvalue weighted by atomic mass is 35.5. The maximum absolute atomic E-state index is 14.1. The minimum absolute atomic E-state index is 0.0749. The van der Waals surface area contributed by atoms with E-state index in [-0.39, 0.29) is 41.2 Å². The molecule has 1 atom stereocenters. The second-order valence-electron chi connectivity index (χ2n) is 7.78. The standard InChI is InChI=1S/C21H22ClFN4O5/c1-25-11-26(9-13-5-3-7-32-13)27-10-14(18(28)19(29)17(27)21(25)31)20(30)24-8-12-4-2-6-15(22)16(12)23/h2,4,6,10,13,29H,3,5,7-9,11H2,1H3,(H,24,30)/t13-/m0/s1. The molecule has 2 amide bonds. The number of aromatic nitrogens is 1. The van der Waals surface area contributed by atoms with Gasteiger partial charge in [0, 0.05) is 32.0 Å². The third-order valence-corrected chi connectivity index (χ3v) is 5.84. The molecule has 2 aromatic rings. The molecule has 2 N–H and O–H groups in total. The normalized spacial score (nSPS) is 18.1. The van der Waals surface area contributed by atoms with Crippen molar-refractivity contribution in [1.29, 1.82) is 0 Å². The number of nitrogens with one attached hydrogen (secondary N) is 1. The zero-order chi connectivity index (χ0) is 23.0. The van der Waals surface area contributed by atoms with Crippen molar-refractivity contribution in [3.8, 4) is 5.75 Å². The molecule has 0 bridgehead atoms. The van der Waals surface area contributed by atoms with Crippen LogP contribution >= 0.6 is 11.6 Å². The lowest BCUT2D eigenvalue weighted by molar-refractivity contribution is 0.0691. The molecular weight excluding hydrogens is 443 g/mol. The van der Waals surface area contributed by atoms with Gasteiger partial charge in [-0.05, 0) is 18.9 Å². The number of ether oxygens (including phenoxy) is 1. The molecule has 1 fully saturated rings. The Kier molecular flexibility index (Phi) is 6.07. The second kappa shape index (κ2) is 8.79. The zero-order valence-corrected chi connectivity index (χ0v) is 18.1. The van der Waals surface area contributed by atoms with Crippen LogP contribution in [0.1, 0.15) is 39.3 Å². The Bertz CT molecular complexity index is 1130. The van der Waals surface area contributed by atoms with Gasteiger partial charge in [0.1, 0.15) is 18.0 Å². The molecule has 0 unspecified atom stereocenters. The lowest BCUT2D eigenvalue weighted by atomic mass is 10.1. The Labute approximate surface area is 187 Å². The van der Waals surface area contributed by atoms with Gasteiger partial charge >= 0.3 is 0 Å². The molecule has 0 aliphatic carbocycles. The molecule has 4 rings (SSSR count). The maximum atomic E-state index is 14.1. The Morgan fingerprint density at radius 3 is 2.88 bits per heavy atom. The predicted molar refractivity (Wildman–Crippen MR) is 114 cm³/mol. The number of pyridine rings is 1. The summed E-state index contributed by atoms with van der Waals surface area (Å²) in [5.41, 5.74) is -1.44. The summed E-state index contributed by atoms with van der Waals surface area (Å²) in [6, 6.07) is 4.38. The number of aromatic hydroxyl groups is 1. The quantitative estimate of drug-likeness (QED) is 0.694. The summed E-state index contributed by atoms with van der Waals surface area (Å²) in [6.07, 6.45) is 2.91. The van der Waals surface area contributed by atoms with E-state index >= 15 is 0 Å². The molecule has 1 aromatic heterocycles. The summed E-state index contributed by atoms with van der Waals surface area (Å²) in [6.45, 7) is 1.02. The van der Waals surface area contributed by atoms with Crippen molar-refractivity contribution in [3.63, 3.8) is 0 Å². The van der Waals surface area contributed by atoms with Crippen LogP contribution in [0.2, 0.25) is 5.02 Å². The van der Waals surface area contributed by atoms with E-state index in [4.69, 9.17) is 16.3 Å². The highest BCUT2D eigenvalue weighted by Gasteiger charge is 2.34. The highest BCUT2D eigenvalue weighted by molar-refractivity contribution is 6.30. The van der Waals surface area contributed by atoms with Crippen molar-refractivity contribution in [2.75, 3.05) is 31.9 Å². The molecule has 170 valence electrons. The molecule has 3 heterocycles. The molecule has 32 heavy (non-hydrogen) atoms. The van der Waals surface area contributed by atoms with E-state index in [1.807, 2.05) is 0 Å². The van der Waals surface area contributed by atoms with E-state index in [1.165, 1.54) is 34.0 Å². The van der Waals surface area contributed by atoms with Crippen molar-refractivity contribution in [1.82, 2.24) is 14.9 Å². The predicted octanol–water partition coefficient (Wildman–Crippen LogP) is 1.44. The van der Waals surface area contributed by atoms with E-state index in [0.29, 0.717) is 13.2 Å². The minimum Gasteiger partial charge on any atom is -0.502 e. The molecule has 1 saturated heterocycles. The molecule has 2 aliphatic rings. The average Bonchev–Trinajstić information content (AvgIpc) is 3.27. The van der Waals surface area contributed by atoms with Crippen LogP contribution in [0.4, 0.5) is 4.39 Å². The number of halogens is 2. The first-order chi connectivity index (χ1) is 15.3. The van der Waals surface area contributed by atoms with Crippen LogP contribution in [0.5, 0.6) is 5.75 Å². The number of nitrogens with zero attached hydrogens (tertiary/aromatic N) is 3. The molecule has 0 radical (unpaired) electrons. The molecule has 0 saturated carbocycles. The monoisotopic (exact) mass is 464 g/mol. The van der Waals surface area contributed by atoms with Gasteiger partial charge < -0.3 is 20.1 Å². The topological polar surface area (TPSA) is 104 Å². The maximum Gasteiger partial charge on any atom is 0.277 e. The van der Waals surface area contributed by atoms with Crippen molar-refractivity contribution in [2.45, 2.75) is 25.5 Å². The van der Waals surface area contributed by atoms with E-state index in [9.17, 15) is 23.9 Å². The van der Waals surface area contributed by atoms with E-state index in [2.05, 4.69) is 5.32 Å². The third-order valence-electron chi connectivity index (χ3n) is 5.55. The van der Waals surface area contributed by atoms with Crippen LogP contribution in [0.3, 0.4) is 0 Å². The number of rotatable bonds is 5. The van der Waals surface area contributed by atoms with Gasteiger partial charge in [-0.2, -0.15) is 0 Å². The average molecular weight is 465 g/mol. The van der Waals surface area contributed by atoms with E-state index < -0.39 is 28.8 Å². The van der Waals surface area contributed by atoms with Gasteiger partial charge in [-0.25, -0.2) is 4.39 Å². The third kappa shape index (κ3) is 4.03. The van der Waals surface area contributed by atoms with Crippen molar-refractivity contribution in [3.05, 3.63) is 62.3 Å². The van der Waals surface area contributed by atoms with Crippen molar-refractivity contribution < 1.29 is 23.8 Å². The summed E-state index contributed by atoms with van der Waals surface area (Å²) in [5, 5.41) is 14.6. The van der Waals surface area contributed by atoms with E-state index in [0.717, 1.165) is 12.8 Å². The Morgan fingerprint density at radius 2 is 2.16 bits per heavy atom. The second-order valence-corrected chi connectivity index (χ2v) is 8.19. The summed E-state index contributed by atoms with van der Waals surface area (Å²) in [7, 11) is 1.55. The van der Waals surface area contributed by atoms with Crippen molar-refractivity contribution >= 4 is 23.4 Å². The first-order valence-corrected chi connectivity index (χ1v) is 10.5. The Balaban J connectivity index is 1.65. The zero-order valence-electron chi connectivity index (χ0n) is 17.3. The summed E-state index contributed by atoms with van der Waals surface area (Å²) in [4.78, 5) is 39.4. The number of hydrogen-bond donors (Lipinski definition) is 2. The molecule has 9 nitrogen and oxygen atoms in total. The van der Waals surface area contributed by atoms with Gasteiger partial charge in [0.2, 0.25) is 5.43 Å². The van der Waals surface area contributed by atoms with Gasteiger partial charge in [-0.3, -0.25) is 24.1 Å². The van der Waals surface area contributed by atoms with Gasteiger partial charge in [-0.1, -0.05) is 23.7 Å². The fourth-order valence-electron chi connectivity index (χ4n) is 3.86. The lowest BCUT2D eigenvalue weighted by Gasteiger charge is -2.39. The Morgan fingerprint density at radius 1 is 1.38 bits per heavy atom. The summed E-state index contributed by atoms with van der Waals surface area (Å²) >= 11 is 5.76. The van der Waals surface area contributed by atoms with Gasteiger partial charge in [0.05, 0.1) is 17.7 Å². The van der Waals surface area contributed by atoms with Gasteiger partial charge in [0.25, 0.3) is 11.8 Å². The highest BCUT2D eigenvalue weighted by Crippen LogP contribution is 2.23. The lowest BCUT2D eigenvalue weighted by Crippen LogP contribution is -2.55. The van der Waals surface area contributed by atoms with Crippen LogP contribution < -0.4 is 15.8 Å². The van der Waals surface area contributed by atoms with Crippen LogP contribution in [0.25, 0.3) is 0 Å².